The van der Waals surface area contributed by atoms with Crippen LogP contribution in [-0.2, 0) is 4.74 Å². The zero-order valence-corrected chi connectivity index (χ0v) is 4.53. The molecular weight excluding hydrogens is 135 g/mol. The first-order valence-electron chi connectivity index (χ1n) is 2.48. The van der Waals surface area contributed by atoms with Gasteiger partial charge in [-0.1, -0.05) is 0 Å². The van der Waals surface area contributed by atoms with Gasteiger partial charge in [-0.2, -0.15) is 13.2 Å². The maximum atomic E-state index is 11.6. The molecule has 1 N–H and O–H groups in total. The summed E-state index contributed by atoms with van der Waals surface area (Å²) in [5.74, 6) is 0. The van der Waals surface area contributed by atoms with Crippen LogP contribution >= 0.6 is 0 Å². The number of rotatable bonds is 0. The van der Waals surface area contributed by atoms with Gasteiger partial charge >= 0.3 is 6.18 Å². The largest absolute Gasteiger partial charge is 0.406 e. The molecular formula is C4H6F3NO. The first kappa shape index (κ1) is 6.82. The first-order valence-corrected chi connectivity index (χ1v) is 2.48. The third-order valence-electron chi connectivity index (χ3n) is 1.11. The second-order valence-electron chi connectivity index (χ2n) is 1.81. The summed E-state index contributed by atoms with van der Waals surface area (Å²) >= 11 is 0. The average Bonchev–Trinajstić information content (AvgIpc) is 2.08. The molecule has 1 atom stereocenters. The molecule has 1 heterocycles. The van der Waals surface area contributed by atoms with E-state index in [-0.39, 0.29) is 13.3 Å². The molecule has 0 aromatic heterocycles. The quantitative estimate of drug-likeness (QED) is 0.530. The van der Waals surface area contributed by atoms with Gasteiger partial charge in [-0.25, -0.2) is 0 Å². The summed E-state index contributed by atoms with van der Waals surface area (Å²) in [6, 6.07) is -1.46. The molecule has 0 aromatic rings. The van der Waals surface area contributed by atoms with Crippen LogP contribution in [0.15, 0.2) is 0 Å². The number of halogens is 3. The fourth-order valence-corrected chi connectivity index (χ4v) is 0.605. The first-order chi connectivity index (χ1) is 4.11. The van der Waals surface area contributed by atoms with Gasteiger partial charge in [0.1, 0.15) is 6.04 Å². The van der Waals surface area contributed by atoms with Crippen molar-refractivity contribution < 1.29 is 17.9 Å². The van der Waals surface area contributed by atoms with E-state index in [0.29, 0.717) is 0 Å². The molecule has 54 valence electrons. The molecule has 1 fully saturated rings. The molecule has 2 nitrogen and oxygen atoms in total. The SMILES string of the molecule is FC(F)(F)[C@@H]1COCN1. The third kappa shape index (κ3) is 1.56. The molecule has 9 heavy (non-hydrogen) atoms. The van der Waals surface area contributed by atoms with E-state index in [1.165, 1.54) is 0 Å². The molecule has 0 spiro atoms. The maximum absolute atomic E-state index is 11.6. The molecule has 0 amide bonds. The fraction of sp³-hybridized carbons (Fsp3) is 1.00. The van der Waals surface area contributed by atoms with Crippen molar-refractivity contribution >= 4 is 0 Å². The van der Waals surface area contributed by atoms with Crippen molar-refractivity contribution in [3.63, 3.8) is 0 Å². The number of ether oxygens (including phenoxy) is 1. The normalized spacial score (nSPS) is 29.0. The molecule has 1 aliphatic rings. The van der Waals surface area contributed by atoms with Gasteiger partial charge in [0.15, 0.2) is 0 Å². The van der Waals surface area contributed by atoms with Crippen LogP contribution in [0.4, 0.5) is 13.2 Å². The van der Waals surface area contributed by atoms with E-state index in [1.54, 1.807) is 0 Å². The van der Waals surface area contributed by atoms with Crippen molar-refractivity contribution in [2.24, 2.45) is 0 Å². The lowest BCUT2D eigenvalue weighted by molar-refractivity contribution is -0.152. The lowest BCUT2D eigenvalue weighted by Gasteiger charge is -2.11. The molecule has 0 bridgehead atoms. The molecule has 0 aliphatic carbocycles. The Balaban J connectivity index is 2.42. The molecule has 1 rings (SSSR count). The van der Waals surface area contributed by atoms with Gasteiger partial charge in [0.25, 0.3) is 0 Å². The summed E-state index contributed by atoms with van der Waals surface area (Å²) in [6.07, 6.45) is -4.16. The Labute approximate surface area is 50.0 Å². The van der Waals surface area contributed by atoms with E-state index < -0.39 is 12.2 Å². The molecule has 0 radical (unpaired) electrons. The minimum absolute atomic E-state index is 0.00414. The van der Waals surface area contributed by atoms with Crippen molar-refractivity contribution in [2.45, 2.75) is 12.2 Å². The Bertz CT molecular complexity index is 96.5. The van der Waals surface area contributed by atoms with Crippen molar-refractivity contribution in [2.75, 3.05) is 13.3 Å². The van der Waals surface area contributed by atoms with E-state index in [4.69, 9.17) is 0 Å². The highest BCUT2D eigenvalue weighted by molar-refractivity contribution is 4.76. The number of hydrogen-bond acceptors (Lipinski definition) is 2. The van der Waals surface area contributed by atoms with Crippen molar-refractivity contribution in [1.29, 1.82) is 0 Å². The highest BCUT2D eigenvalue weighted by Crippen LogP contribution is 2.21. The van der Waals surface area contributed by atoms with E-state index in [1.807, 2.05) is 0 Å². The van der Waals surface area contributed by atoms with Gasteiger partial charge in [0.05, 0.1) is 13.3 Å². The Morgan fingerprint density at radius 3 is 2.33 bits per heavy atom. The van der Waals surface area contributed by atoms with E-state index in [0.717, 1.165) is 0 Å². The van der Waals surface area contributed by atoms with Crippen LogP contribution in [-0.4, -0.2) is 25.6 Å². The summed E-state index contributed by atoms with van der Waals surface area (Å²) in [5.41, 5.74) is 0. The van der Waals surface area contributed by atoms with Gasteiger partial charge in [-0.05, 0) is 0 Å². The minimum atomic E-state index is -4.16. The summed E-state index contributed by atoms with van der Waals surface area (Å²) in [7, 11) is 0. The lowest BCUT2D eigenvalue weighted by atomic mass is 10.3. The van der Waals surface area contributed by atoms with Crippen molar-refractivity contribution in [3.05, 3.63) is 0 Å². The Kier molecular flexibility index (Phi) is 1.63. The molecule has 0 saturated carbocycles. The topological polar surface area (TPSA) is 21.3 Å². The van der Waals surface area contributed by atoms with E-state index in [2.05, 4.69) is 10.1 Å². The second kappa shape index (κ2) is 2.15. The average molecular weight is 141 g/mol. The standard InChI is InChI=1S/C4H6F3NO/c5-4(6,7)3-1-9-2-8-3/h3,8H,1-2H2/t3-/m0/s1. The zero-order valence-electron chi connectivity index (χ0n) is 4.53. The number of alkyl halides is 3. The zero-order chi connectivity index (χ0) is 6.91. The van der Waals surface area contributed by atoms with Crippen molar-refractivity contribution in [3.8, 4) is 0 Å². The summed E-state index contributed by atoms with van der Waals surface area (Å²) in [5, 5.41) is 2.15. The second-order valence-corrected chi connectivity index (χ2v) is 1.81. The van der Waals surface area contributed by atoms with Gasteiger partial charge in [-0.15, -0.1) is 0 Å². The Hall–Kier alpha value is -0.290. The molecule has 1 saturated heterocycles. The molecule has 0 aromatic carbocycles. The van der Waals surface area contributed by atoms with Crippen molar-refractivity contribution in [1.82, 2.24) is 5.32 Å². The monoisotopic (exact) mass is 141 g/mol. The highest BCUT2D eigenvalue weighted by Gasteiger charge is 2.41. The van der Waals surface area contributed by atoms with Crippen LogP contribution in [0.1, 0.15) is 0 Å². The van der Waals surface area contributed by atoms with E-state index >= 15 is 0 Å². The van der Waals surface area contributed by atoms with Gasteiger partial charge in [-0.3, -0.25) is 5.32 Å². The van der Waals surface area contributed by atoms with Gasteiger partial charge < -0.3 is 4.74 Å². The minimum Gasteiger partial charge on any atom is -0.364 e. The Morgan fingerprint density at radius 1 is 1.44 bits per heavy atom. The predicted octanol–water partition coefficient (Wildman–Crippen LogP) is 0.495. The summed E-state index contributed by atoms with van der Waals surface area (Å²) in [4.78, 5) is 0. The highest BCUT2D eigenvalue weighted by atomic mass is 19.4. The number of nitrogens with one attached hydrogen (secondary N) is 1. The number of hydrogen-bond donors (Lipinski definition) is 1. The molecule has 0 unspecified atom stereocenters. The van der Waals surface area contributed by atoms with Crippen LogP contribution in [0, 0.1) is 0 Å². The third-order valence-corrected chi connectivity index (χ3v) is 1.11. The molecule has 1 aliphatic heterocycles. The lowest BCUT2D eigenvalue weighted by Crippen LogP contribution is -2.39. The summed E-state index contributed by atoms with van der Waals surface area (Å²) < 4.78 is 39.3. The van der Waals surface area contributed by atoms with Crippen LogP contribution in [0.5, 0.6) is 0 Å². The summed E-state index contributed by atoms with van der Waals surface area (Å²) in [6.45, 7) is -0.256. The fourth-order valence-electron chi connectivity index (χ4n) is 0.605. The molecule has 5 heteroatoms. The van der Waals surface area contributed by atoms with Crippen LogP contribution in [0.2, 0.25) is 0 Å². The van der Waals surface area contributed by atoms with Gasteiger partial charge in [0, 0.05) is 0 Å². The van der Waals surface area contributed by atoms with E-state index in [9.17, 15) is 13.2 Å². The van der Waals surface area contributed by atoms with Crippen LogP contribution in [0.25, 0.3) is 0 Å². The Morgan fingerprint density at radius 2 is 2.11 bits per heavy atom. The maximum Gasteiger partial charge on any atom is 0.406 e. The smallest absolute Gasteiger partial charge is 0.364 e. The predicted molar refractivity (Wildman–Crippen MR) is 23.8 cm³/mol. The van der Waals surface area contributed by atoms with Crippen LogP contribution < -0.4 is 5.32 Å². The van der Waals surface area contributed by atoms with Gasteiger partial charge in [0.2, 0.25) is 0 Å². The van der Waals surface area contributed by atoms with Crippen LogP contribution in [0.3, 0.4) is 0 Å².